The lowest BCUT2D eigenvalue weighted by Gasteiger charge is -2.21. The average Bonchev–Trinajstić information content (AvgIpc) is 2.73. The summed E-state index contributed by atoms with van der Waals surface area (Å²) in [6.45, 7) is 4.78. The van der Waals surface area contributed by atoms with Gasteiger partial charge in [0.1, 0.15) is 0 Å². The highest BCUT2D eigenvalue weighted by Gasteiger charge is 2.22. The minimum absolute atomic E-state index is 0.0249. The maximum Gasteiger partial charge on any atom is 0.269 e. The second-order valence-corrected chi connectivity index (χ2v) is 8.54. The molecule has 2 aromatic rings. The molecule has 160 valence electrons. The van der Waals surface area contributed by atoms with Crippen molar-refractivity contribution in [2.24, 2.45) is 0 Å². The summed E-state index contributed by atoms with van der Waals surface area (Å²) in [5.41, 5.74) is 1.08. The molecular weight excluding hydrogens is 406 g/mol. The number of carbonyl (C=O) groups is 1. The Balaban J connectivity index is 2.04. The number of hydrogen-bond donors (Lipinski definition) is 1. The molecule has 9 heteroatoms. The van der Waals surface area contributed by atoms with Gasteiger partial charge in [-0.25, -0.2) is 8.42 Å². The molecule has 2 aromatic carbocycles. The fraction of sp³-hybridized carbons (Fsp3) is 0.286. The largest absolute Gasteiger partial charge is 0.323 e. The van der Waals surface area contributed by atoms with Crippen LogP contribution in [0, 0.1) is 10.1 Å². The molecule has 2 rings (SSSR count). The SMILES string of the molecule is CCCN(CCC)S(=O)(=O)c1ccc(NC(=O)C=Cc2ccc([N+](=O)[O-])cc2)cc1. The zero-order valence-electron chi connectivity index (χ0n) is 16.9. The lowest BCUT2D eigenvalue weighted by molar-refractivity contribution is -0.384. The topological polar surface area (TPSA) is 110 Å². The lowest BCUT2D eigenvalue weighted by atomic mass is 10.2. The molecule has 0 saturated heterocycles. The van der Waals surface area contributed by atoms with E-state index in [4.69, 9.17) is 0 Å². The van der Waals surface area contributed by atoms with Crippen molar-refractivity contribution in [3.05, 3.63) is 70.3 Å². The smallest absolute Gasteiger partial charge is 0.269 e. The molecule has 30 heavy (non-hydrogen) atoms. The molecule has 0 bridgehead atoms. The van der Waals surface area contributed by atoms with E-state index in [0.717, 1.165) is 12.8 Å². The summed E-state index contributed by atoms with van der Waals surface area (Å²) in [5, 5.41) is 13.3. The van der Waals surface area contributed by atoms with Gasteiger partial charge in [-0.15, -0.1) is 0 Å². The number of sulfonamides is 1. The van der Waals surface area contributed by atoms with Gasteiger partial charge in [-0.3, -0.25) is 14.9 Å². The van der Waals surface area contributed by atoms with E-state index < -0.39 is 20.9 Å². The summed E-state index contributed by atoms with van der Waals surface area (Å²) in [4.78, 5) is 22.4. The van der Waals surface area contributed by atoms with E-state index in [1.54, 1.807) is 24.3 Å². The highest BCUT2D eigenvalue weighted by Crippen LogP contribution is 2.19. The monoisotopic (exact) mass is 431 g/mol. The van der Waals surface area contributed by atoms with Crippen molar-refractivity contribution in [3.8, 4) is 0 Å². The molecule has 0 spiro atoms. The lowest BCUT2D eigenvalue weighted by Crippen LogP contribution is -2.32. The first-order chi connectivity index (χ1) is 14.3. The van der Waals surface area contributed by atoms with Crippen molar-refractivity contribution in [3.63, 3.8) is 0 Å². The third-order valence-electron chi connectivity index (χ3n) is 4.24. The van der Waals surface area contributed by atoms with E-state index in [9.17, 15) is 23.3 Å². The van der Waals surface area contributed by atoms with Crippen LogP contribution in [0.3, 0.4) is 0 Å². The van der Waals surface area contributed by atoms with E-state index >= 15 is 0 Å². The first-order valence-electron chi connectivity index (χ1n) is 9.61. The molecule has 0 fully saturated rings. The highest BCUT2D eigenvalue weighted by atomic mass is 32.2. The molecule has 1 amide bonds. The predicted octanol–water partition coefficient (Wildman–Crippen LogP) is 4.06. The number of non-ortho nitro benzene ring substituents is 1. The predicted molar refractivity (Wildman–Crippen MR) is 117 cm³/mol. The zero-order chi connectivity index (χ0) is 22.1. The van der Waals surface area contributed by atoms with Crippen molar-refractivity contribution in [1.82, 2.24) is 4.31 Å². The molecule has 1 N–H and O–H groups in total. The summed E-state index contributed by atoms with van der Waals surface area (Å²) < 4.78 is 27.0. The van der Waals surface area contributed by atoms with Crippen molar-refractivity contribution in [2.75, 3.05) is 18.4 Å². The molecular formula is C21H25N3O5S. The van der Waals surface area contributed by atoms with Gasteiger partial charge in [0.05, 0.1) is 9.82 Å². The van der Waals surface area contributed by atoms with Gasteiger partial charge in [-0.2, -0.15) is 4.31 Å². The molecule has 0 radical (unpaired) electrons. The summed E-state index contributed by atoms with van der Waals surface area (Å²) in [6.07, 6.45) is 4.30. The Morgan fingerprint density at radius 3 is 2.10 bits per heavy atom. The van der Waals surface area contributed by atoms with Crippen molar-refractivity contribution in [2.45, 2.75) is 31.6 Å². The van der Waals surface area contributed by atoms with Gasteiger partial charge in [-0.1, -0.05) is 13.8 Å². The molecule has 0 aliphatic rings. The Labute approximate surface area is 176 Å². The molecule has 8 nitrogen and oxygen atoms in total. The van der Waals surface area contributed by atoms with Gasteiger partial charge in [0.2, 0.25) is 15.9 Å². The highest BCUT2D eigenvalue weighted by molar-refractivity contribution is 7.89. The molecule has 0 heterocycles. The quantitative estimate of drug-likeness (QED) is 0.347. The number of rotatable bonds is 10. The Kier molecular flexibility index (Phi) is 8.25. The fourth-order valence-electron chi connectivity index (χ4n) is 2.77. The first-order valence-corrected chi connectivity index (χ1v) is 11.1. The van der Waals surface area contributed by atoms with Crippen LogP contribution in [-0.2, 0) is 14.8 Å². The van der Waals surface area contributed by atoms with Gasteiger partial charge in [0.25, 0.3) is 5.69 Å². The number of carbonyl (C=O) groups excluding carboxylic acids is 1. The van der Waals surface area contributed by atoms with Crippen LogP contribution in [0.4, 0.5) is 11.4 Å². The van der Waals surface area contributed by atoms with Crippen molar-refractivity contribution >= 4 is 33.4 Å². The molecule has 0 aliphatic heterocycles. The molecule has 0 atom stereocenters. The van der Waals surface area contributed by atoms with E-state index in [-0.39, 0.29) is 10.6 Å². The van der Waals surface area contributed by atoms with Crippen LogP contribution in [-0.4, -0.2) is 36.6 Å². The van der Waals surface area contributed by atoms with Crippen LogP contribution >= 0.6 is 0 Å². The summed E-state index contributed by atoms with van der Waals surface area (Å²) in [6, 6.07) is 11.8. The summed E-state index contributed by atoms with van der Waals surface area (Å²) >= 11 is 0. The standard InChI is InChI=1S/C21H25N3O5S/c1-3-15-23(16-4-2)30(28,29)20-12-8-18(9-13-20)22-21(25)14-7-17-5-10-19(11-6-17)24(26)27/h5-14H,3-4,15-16H2,1-2H3,(H,22,25). The number of anilines is 1. The zero-order valence-corrected chi connectivity index (χ0v) is 17.8. The third-order valence-corrected chi connectivity index (χ3v) is 6.15. The summed E-state index contributed by atoms with van der Waals surface area (Å²) in [5.74, 6) is -0.400. The van der Waals surface area contributed by atoms with Crippen LogP contribution < -0.4 is 5.32 Å². The van der Waals surface area contributed by atoms with E-state index in [1.807, 2.05) is 13.8 Å². The van der Waals surface area contributed by atoms with E-state index in [1.165, 1.54) is 40.7 Å². The Bertz CT molecular complexity index is 994. The Morgan fingerprint density at radius 1 is 1.03 bits per heavy atom. The number of nitrogens with one attached hydrogen (secondary N) is 1. The Morgan fingerprint density at radius 2 is 1.60 bits per heavy atom. The number of hydrogen-bond acceptors (Lipinski definition) is 5. The minimum Gasteiger partial charge on any atom is -0.323 e. The maximum absolute atomic E-state index is 12.8. The van der Waals surface area contributed by atoms with Gasteiger partial charge < -0.3 is 5.32 Å². The van der Waals surface area contributed by atoms with Gasteiger partial charge in [-0.05, 0) is 60.9 Å². The number of nitrogens with zero attached hydrogens (tertiary/aromatic N) is 2. The van der Waals surface area contributed by atoms with E-state index in [0.29, 0.717) is 24.3 Å². The molecule has 0 aliphatic carbocycles. The number of nitro benzene ring substituents is 1. The minimum atomic E-state index is -3.57. The summed E-state index contributed by atoms with van der Waals surface area (Å²) in [7, 11) is -3.57. The second-order valence-electron chi connectivity index (χ2n) is 6.60. The fourth-order valence-corrected chi connectivity index (χ4v) is 4.40. The first kappa shape index (κ1) is 23.2. The van der Waals surface area contributed by atoms with Gasteiger partial charge in [0.15, 0.2) is 0 Å². The number of amides is 1. The molecule has 0 unspecified atom stereocenters. The molecule has 0 saturated carbocycles. The van der Waals surface area contributed by atoms with Crippen molar-refractivity contribution < 1.29 is 18.1 Å². The second kappa shape index (κ2) is 10.7. The van der Waals surface area contributed by atoms with Crippen molar-refractivity contribution in [1.29, 1.82) is 0 Å². The number of benzene rings is 2. The Hall–Kier alpha value is -3.04. The van der Waals surface area contributed by atoms with Gasteiger partial charge >= 0.3 is 0 Å². The van der Waals surface area contributed by atoms with Crippen LogP contribution in [0.15, 0.2) is 59.5 Å². The van der Waals surface area contributed by atoms with Crippen LogP contribution in [0.1, 0.15) is 32.3 Å². The van der Waals surface area contributed by atoms with Gasteiger partial charge in [0, 0.05) is 37.0 Å². The van der Waals surface area contributed by atoms with E-state index in [2.05, 4.69) is 5.32 Å². The normalized spacial score (nSPS) is 11.7. The average molecular weight is 432 g/mol. The van der Waals surface area contributed by atoms with Crippen LogP contribution in [0.2, 0.25) is 0 Å². The number of nitro groups is 1. The van der Waals surface area contributed by atoms with Crippen LogP contribution in [0.5, 0.6) is 0 Å². The molecule has 0 aromatic heterocycles. The third kappa shape index (κ3) is 6.23. The van der Waals surface area contributed by atoms with Crippen LogP contribution in [0.25, 0.3) is 6.08 Å². The maximum atomic E-state index is 12.8.